The summed E-state index contributed by atoms with van der Waals surface area (Å²) in [7, 11) is -3.48. The van der Waals surface area contributed by atoms with Crippen molar-refractivity contribution in [2.75, 3.05) is 17.9 Å². The highest BCUT2D eigenvalue weighted by Crippen LogP contribution is 2.22. The molecule has 7 nitrogen and oxygen atoms in total. The number of ether oxygens (including phenoxy) is 1. The zero-order valence-corrected chi connectivity index (χ0v) is 11.7. The highest BCUT2D eigenvalue weighted by atomic mass is 32.2. The molecule has 2 N–H and O–H groups in total. The first-order valence-corrected chi connectivity index (χ1v) is 8.15. The molecule has 0 unspecified atom stereocenters. The van der Waals surface area contributed by atoms with E-state index in [0.29, 0.717) is 31.7 Å². The number of rotatable bonds is 5. The van der Waals surface area contributed by atoms with Crippen LogP contribution in [-0.2, 0) is 26.0 Å². The number of aromatic nitrogens is 1. The fourth-order valence-electron chi connectivity index (χ4n) is 1.78. The molecule has 1 aromatic heterocycles. The number of nitrogens with one attached hydrogen (secondary N) is 1. The minimum absolute atomic E-state index is 0.211. The lowest BCUT2D eigenvalue weighted by Crippen LogP contribution is -2.33. The van der Waals surface area contributed by atoms with E-state index in [1.54, 1.807) is 0 Å². The highest BCUT2D eigenvalue weighted by Gasteiger charge is 2.28. The van der Waals surface area contributed by atoms with E-state index in [4.69, 9.17) is 9.84 Å². The summed E-state index contributed by atoms with van der Waals surface area (Å²) in [5.74, 6) is -0.996. The normalized spacial score (nSPS) is 17.3. The van der Waals surface area contributed by atoms with Crippen LogP contribution in [0, 0.1) is 0 Å². The lowest BCUT2D eigenvalue weighted by molar-refractivity contribution is -0.136. The van der Waals surface area contributed by atoms with Crippen LogP contribution in [0.15, 0.2) is 5.38 Å². The number of aliphatic carboxylic acids is 1. The maximum atomic E-state index is 12.1. The van der Waals surface area contributed by atoms with E-state index >= 15 is 0 Å². The molecule has 1 aliphatic rings. The SMILES string of the molecule is O=C(O)Cc1csc(NS(=O)(=O)C2CCOCC2)n1. The molecule has 1 saturated heterocycles. The van der Waals surface area contributed by atoms with Gasteiger partial charge >= 0.3 is 5.97 Å². The molecule has 19 heavy (non-hydrogen) atoms. The lowest BCUT2D eigenvalue weighted by Gasteiger charge is -2.21. The summed E-state index contributed by atoms with van der Waals surface area (Å²) in [5.41, 5.74) is 0.349. The summed E-state index contributed by atoms with van der Waals surface area (Å²) < 4.78 is 31.7. The van der Waals surface area contributed by atoms with Gasteiger partial charge in [0.15, 0.2) is 5.13 Å². The maximum absolute atomic E-state index is 12.1. The monoisotopic (exact) mass is 306 g/mol. The zero-order valence-electron chi connectivity index (χ0n) is 10.0. The van der Waals surface area contributed by atoms with Gasteiger partial charge in [-0.3, -0.25) is 9.52 Å². The van der Waals surface area contributed by atoms with Crippen LogP contribution in [0.2, 0.25) is 0 Å². The molecule has 0 amide bonds. The third-order valence-electron chi connectivity index (χ3n) is 2.72. The van der Waals surface area contributed by atoms with Gasteiger partial charge in [-0.2, -0.15) is 0 Å². The van der Waals surface area contributed by atoms with Crippen LogP contribution >= 0.6 is 11.3 Å². The van der Waals surface area contributed by atoms with Crippen LogP contribution in [0.25, 0.3) is 0 Å². The number of anilines is 1. The molecule has 0 bridgehead atoms. The Morgan fingerprint density at radius 2 is 2.21 bits per heavy atom. The molecule has 0 spiro atoms. The number of carboxylic acids is 1. The van der Waals surface area contributed by atoms with Crippen molar-refractivity contribution in [2.24, 2.45) is 0 Å². The van der Waals surface area contributed by atoms with Gasteiger partial charge in [0, 0.05) is 18.6 Å². The van der Waals surface area contributed by atoms with Crippen LogP contribution in [-0.4, -0.2) is 42.9 Å². The Morgan fingerprint density at radius 1 is 1.53 bits per heavy atom. The summed E-state index contributed by atoms with van der Waals surface area (Å²) in [4.78, 5) is 14.5. The minimum Gasteiger partial charge on any atom is -0.481 e. The van der Waals surface area contributed by atoms with Crippen molar-refractivity contribution in [1.29, 1.82) is 0 Å². The Hall–Kier alpha value is -1.19. The summed E-state index contributed by atoms with van der Waals surface area (Å²) in [6, 6.07) is 0. The van der Waals surface area contributed by atoms with Gasteiger partial charge in [0.1, 0.15) is 0 Å². The Kier molecular flexibility index (Phi) is 4.38. The first-order chi connectivity index (χ1) is 8.97. The molecule has 0 aromatic carbocycles. The molecule has 2 heterocycles. The topological polar surface area (TPSA) is 106 Å². The first-order valence-electron chi connectivity index (χ1n) is 5.73. The zero-order chi connectivity index (χ0) is 13.9. The summed E-state index contributed by atoms with van der Waals surface area (Å²) in [6.07, 6.45) is 0.709. The molecule has 1 fully saturated rings. The predicted molar refractivity (Wildman–Crippen MR) is 69.8 cm³/mol. The Labute approximate surface area is 114 Å². The molecular weight excluding hydrogens is 292 g/mol. The molecule has 0 saturated carbocycles. The van der Waals surface area contributed by atoms with E-state index in [0.717, 1.165) is 11.3 Å². The van der Waals surface area contributed by atoms with Gasteiger partial charge in [-0.15, -0.1) is 11.3 Å². The molecular formula is C10H14N2O5S2. The second-order valence-corrected chi connectivity index (χ2v) is 6.99. The number of hydrogen-bond acceptors (Lipinski definition) is 6. The van der Waals surface area contributed by atoms with Crippen molar-refractivity contribution in [3.8, 4) is 0 Å². The second-order valence-electron chi connectivity index (χ2n) is 4.17. The third-order valence-corrected chi connectivity index (χ3v) is 5.48. The van der Waals surface area contributed by atoms with E-state index in [1.807, 2.05) is 0 Å². The Bertz CT molecular complexity index is 548. The minimum atomic E-state index is -3.48. The molecule has 9 heteroatoms. The molecule has 106 valence electrons. The third kappa shape index (κ3) is 3.88. The van der Waals surface area contributed by atoms with Crippen molar-refractivity contribution < 1.29 is 23.1 Å². The van der Waals surface area contributed by atoms with Crippen LogP contribution < -0.4 is 4.72 Å². The van der Waals surface area contributed by atoms with Crippen molar-refractivity contribution in [2.45, 2.75) is 24.5 Å². The van der Waals surface area contributed by atoms with E-state index in [1.165, 1.54) is 5.38 Å². The molecule has 0 atom stereocenters. The van der Waals surface area contributed by atoms with Gasteiger partial charge in [-0.1, -0.05) is 0 Å². The number of nitrogens with zero attached hydrogens (tertiary/aromatic N) is 1. The van der Waals surface area contributed by atoms with Crippen molar-refractivity contribution in [3.05, 3.63) is 11.1 Å². The number of sulfonamides is 1. The van der Waals surface area contributed by atoms with Crippen molar-refractivity contribution >= 4 is 32.5 Å². The predicted octanol–water partition coefficient (Wildman–Crippen LogP) is 0.691. The number of hydrogen-bond donors (Lipinski definition) is 2. The molecule has 1 aromatic rings. The summed E-state index contributed by atoms with van der Waals surface area (Å²) in [6.45, 7) is 0.876. The quantitative estimate of drug-likeness (QED) is 0.829. The van der Waals surface area contributed by atoms with Crippen LogP contribution in [0.4, 0.5) is 5.13 Å². The average molecular weight is 306 g/mol. The number of carboxylic acid groups (broad SMARTS) is 1. The lowest BCUT2D eigenvalue weighted by atomic mass is 10.2. The van der Waals surface area contributed by atoms with E-state index in [2.05, 4.69) is 9.71 Å². The molecule has 1 aliphatic heterocycles. The summed E-state index contributed by atoms with van der Waals surface area (Å²) >= 11 is 1.09. The highest BCUT2D eigenvalue weighted by molar-refractivity contribution is 7.93. The van der Waals surface area contributed by atoms with E-state index in [-0.39, 0.29) is 11.6 Å². The fraction of sp³-hybridized carbons (Fsp3) is 0.600. The van der Waals surface area contributed by atoms with Gasteiger partial charge < -0.3 is 9.84 Å². The van der Waals surface area contributed by atoms with Crippen molar-refractivity contribution in [3.63, 3.8) is 0 Å². The first kappa shape index (κ1) is 14.2. The van der Waals surface area contributed by atoms with Gasteiger partial charge in [0.2, 0.25) is 10.0 Å². The Balaban J connectivity index is 2.03. The van der Waals surface area contributed by atoms with E-state index in [9.17, 15) is 13.2 Å². The van der Waals surface area contributed by atoms with Gasteiger partial charge in [0.05, 0.1) is 17.4 Å². The second kappa shape index (κ2) is 5.85. The van der Waals surface area contributed by atoms with Gasteiger partial charge in [-0.25, -0.2) is 13.4 Å². The van der Waals surface area contributed by atoms with Gasteiger partial charge in [-0.05, 0) is 12.8 Å². The van der Waals surface area contributed by atoms with Crippen molar-refractivity contribution in [1.82, 2.24) is 4.98 Å². The number of carbonyl (C=O) groups is 1. The molecule has 0 radical (unpaired) electrons. The average Bonchev–Trinajstić information content (AvgIpc) is 2.76. The van der Waals surface area contributed by atoms with Crippen LogP contribution in [0.3, 0.4) is 0 Å². The van der Waals surface area contributed by atoms with Crippen LogP contribution in [0.1, 0.15) is 18.5 Å². The largest absolute Gasteiger partial charge is 0.481 e. The fourth-order valence-corrected chi connectivity index (χ4v) is 4.14. The molecule has 0 aliphatic carbocycles. The van der Waals surface area contributed by atoms with Crippen LogP contribution in [0.5, 0.6) is 0 Å². The molecule has 2 rings (SSSR count). The maximum Gasteiger partial charge on any atom is 0.309 e. The standard InChI is InChI=1S/C10H14N2O5S2/c13-9(14)5-7-6-18-10(11-7)12-19(15,16)8-1-3-17-4-2-8/h6,8H,1-5H2,(H,11,12)(H,13,14). The smallest absolute Gasteiger partial charge is 0.309 e. The van der Waals surface area contributed by atoms with E-state index < -0.39 is 21.2 Å². The number of thiazole rings is 1. The summed E-state index contributed by atoms with van der Waals surface area (Å²) in [5, 5.41) is 9.89. The van der Waals surface area contributed by atoms with Gasteiger partial charge in [0.25, 0.3) is 0 Å². The Morgan fingerprint density at radius 3 is 2.84 bits per heavy atom.